The van der Waals surface area contributed by atoms with Crippen LogP contribution in [0.25, 0.3) is 6.08 Å². The van der Waals surface area contributed by atoms with Crippen molar-refractivity contribution in [2.45, 2.75) is 6.54 Å². The Kier molecular flexibility index (Phi) is 4.99. The number of carbonyl (C=O) groups excluding carboxylic acids is 2. The predicted molar refractivity (Wildman–Crippen MR) is 97.7 cm³/mol. The van der Waals surface area contributed by atoms with Gasteiger partial charge in [-0.2, -0.15) is 0 Å². The van der Waals surface area contributed by atoms with Gasteiger partial charge in [-0.1, -0.05) is 18.2 Å². The van der Waals surface area contributed by atoms with Crippen LogP contribution in [0.4, 0.5) is 16.2 Å². The summed E-state index contributed by atoms with van der Waals surface area (Å²) in [7, 11) is 0. The van der Waals surface area contributed by atoms with Crippen molar-refractivity contribution in [1.29, 1.82) is 0 Å². The monoisotopic (exact) mass is 385 g/mol. The SMILES string of the molecule is O=C1S/C(=C\c2ccc([N+](=O)[O-])cc2)C(=O)N1Cc1ccccc1[N+](=O)[O-]. The molecule has 2 aromatic carbocycles. The zero-order chi connectivity index (χ0) is 19.6. The minimum Gasteiger partial charge on any atom is -0.268 e. The number of amides is 2. The number of nitro benzene ring substituents is 2. The minimum absolute atomic E-state index is 0.0864. The molecule has 3 rings (SSSR count). The molecule has 0 radical (unpaired) electrons. The van der Waals surface area contributed by atoms with Gasteiger partial charge in [0.25, 0.3) is 22.5 Å². The summed E-state index contributed by atoms with van der Waals surface area (Å²) < 4.78 is 0. The fourth-order valence-corrected chi connectivity index (χ4v) is 3.31. The molecule has 1 heterocycles. The van der Waals surface area contributed by atoms with Crippen molar-refractivity contribution in [2.75, 3.05) is 0 Å². The van der Waals surface area contributed by atoms with Crippen molar-refractivity contribution in [2.24, 2.45) is 0 Å². The van der Waals surface area contributed by atoms with Crippen LogP contribution in [0.5, 0.6) is 0 Å². The highest BCUT2D eigenvalue weighted by atomic mass is 32.2. The van der Waals surface area contributed by atoms with Gasteiger partial charge in [-0.05, 0) is 35.5 Å². The van der Waals surface area contributed by atoms with Crippen molar-refractivity contribution in [3.63, 3.8) is 0 Å². The molecule has 2 aromatic rings. The molecule has 9 nitrogen and oxygen atoms in total. The maximum absolute atomic E-state index is 12.5. The molecule has 0 atom stereocenters. The first kappa shape index (κ1) is 18.3. The maximum Gasteiger partial charge on any atom is 0.293 e. The molecule has 0 spiro atoms. The van der Waals surface area contributed by atoms with E-state index < -0.39 is 21.0 Å². The third-order valence-electron chi connectivity index (χ3n) is 3.79. The smallest absolute Gasteiger partial charge is 0.268 e. The Labute approximate surface area is 156 Å². The molecular weight excluding hydrogens is 374 g/mol. The minimum atomic E-state index is -0.568. The zero-order valence-corrected chi connectivity index (χ0v) is 14.4. The van der Waals surface area contributed by atoms with Gasteiger partial charge in [0.2, 0.25) is 0 Å². The summed E-state index contributed by atoms with van der Waals surface area (Å²) in [5.41, 5.74) is 0.519. The predicted octanol–water partition coefficient (Wildman–Crippen LogP) is 3.74. The molecule has 0 N–H and O–H groups in total. The molecule has 2 amide bonds. The van der Waals surface area contributed by atoms with Crippen molar-refractivity contribution in [1.82, 2.24) is 4.90 Å². The van der Waals surface area contributed by atoms with Gasteiger partial charge in [0.15, 0.2) is 0 Å². The highest BCUT2D eigenvalue weighted by molar-refractivity contribution is 8.18. The van der Waals surface area contributed by atoms with Crippen LogP contribution in [0, 0.1) is 20.2 Å². The summed E-state index contributed by atoms with van der Waals surface area (Å²) in [4.78, 5) is 46.4. The number of thioether (sulfide) groups is 1. The van der Waals surface area contributed by atoms with E-state index in [1.54, 1.807) is 6.07 Å². The molecule has 0 bridgehead atoms. The van der Waals surface area contributed by atoms with E-state index in [1.165, 1.54) is 48.5 Å². The number of non-ortho nitro benzene ring substituents is 1. The lowest BCUT2D eigenvalue weighted by Crippen LogP contribution is -2.27. The van der Waals surface area contributed by atoms with Gasteiger partial charge in [0.1, 0.15) is 0 Å². The van der Waals surface area contributed by atoms with E-state index in [1.807, 2.05) is 0 Å². The van der Waals surface area contributed by atoms with Crippen molar-refractivity contribution >= 4 is 40.4 Å². The Morgan fingerprint density at radius 2 is 1.63 bits per heavy atom. The van der Waals surface area contributed by atoms with Gasteiger partial charge in [-0.3, -0.25) is 34.7 Å². The van der Waals surface area contributed by atoms with Crippen LogP contribution in [0.3, 0.4) is 0 Å². The van der Waals surface area contributed by atoms with Gasteiger partial charge in [-0.15, -0.1) is 0 Å². The second-order valence-electron chi connectivity index (χ2n) is 5.50. The van der Waals surface area contributed by atoms with Crippen LogP contribution < -0.4 is 0 Å². The molecular formula is C17H11N3O6S. The average molecular weight is 385 g/mol. The standard InChI is InChI=1S/C17H11N3O6S/c21-16-15(9-11-5-7-13(8-6-11)19(23)24)27-17(22)18(16)10-12-3-1-2-4-14(12)20(25)26/h1-9H,10H2/b15-9-. The van der Waals surface area contributed by atoms with Gasteiger partial charge < -0.3 is 0 Å². The molecule has 1 aliphatic heterocycles. The molecule has 136 valence electrons. The number of hydrogen-bond acceptors (Lipinski definition) is 7. The van der Waals surface area contributed by atoms with E-state index in [2.05, 4.69) is 0 Å². The first-order valence-electron chi connectivity index (χ1n) is 7.59. The number of rotatable bonds is 5. The van der Waals surface area contributed by atoms with Crippen LogP contribution in [0.1, 0.15) is 11.1 Å². The molecule has 1 aliphatic rings. The number of hydrogen-bond donors (Lipinski definition) is 0. The van der Waals surface area contributed by atoms with Gasteiger partial charge in [0.05, 0.1) is 21.3 Å². The molecule has 0 aliphatic carbocycles. The average Bonchev–Trinajstić information content (AvgIpc) is 2.90. The highest BCUT2D eigenvalue weighted by Crippen LogP contribution is 2.34. The summed E-state index contributed by atoms with van der Waals surface area (Å²) in [6.07, 6.45) is 1.45. The zero-order valence-electron chi connectivity index (χ0n) is 13.6. The molecule has 10 heteroatoms. The fraction of sp³-hybridized carbons (Fsp3) is 0.0588. The summed E-state index contributed by atoms with van der Waals surface area (Å²) in [5.74, 6) is -0.568. The lowest BCUT2D eigenvalue weighted by Gasteiger charge is -2.12. The van der Waals surface area contributed by atoms with Crippen molar-refractivity contribution < 1.29 is 19.4 Å². The lowest BCUT2D eigenvalue weighted by atomic mass is 10.1. The van der Waals surface area contributed by atoms with Crippen molar-refractivity contribution in [3.05, 3.63) is 84.8 Å². The first-order valence-corrected chi connectivity index (χ1v) is 8.40. The van der Waals surface area contributed by atoms with Gasteiger partial charge >= 0.3 is 0 Å². The molecule has 0 aromatic heterocycles. The summed E-state index contributed by atoms with van der Waals surface area (Å²) in [6.45, 7) is -0.209. The number of carbonyl (C=O) groups is 2. The molecule has 1 saturated heterocycles. The van der Waals surface area contributed by atoms with Crippen LogP contribution in [0.2, 0.25) is 0 Å². The number of nitrogens with zero attached hydrogens (tertiary/aromatic N) is 3. The lowest BCUT2D eigenvalue weighted by molar-refractivity contribution is -0.385. The second kappa shape index (κ2) is 7.38. The Hall–Kier alpha value is -3.53. The Balaban J connectivity index is 1.83. The van der Waals surface area contributed by atoms with E-state index >= 15 is 0 Å². The largest absolute Gasteiger partial charge is 0.293 e. The molecule has 0 unspecified atom stereocenters. The molecule has 27 heavy (non-hydrogen) atoms. The Morgan fingerprint density at radius 3 is 2.26 bits per heavy atom. The summed E-state index contributed by atoms with van der Waals surface area (Å²) in [5, 5.41) is 21.2. The number of nitro groups is 2. The summed E-state index contributed by atoms with van der Waals surface area (Å²) >= 11 is 0.715. The van der Waals surface area contributed by atoms with Crippen LogP contribution in [0.15, 0.2) is 53.4 Å². The molecule has 1 fully saturated rings. The van der Waals surface area contributed by atoms with Gasteiger partial charge in [0, 0.05) is 23.8 Å². The summed E-state index contributed by atoms with van der Waals surface area (Å²) in [6, 6.07) is 11.4. The normalized spacial score (nSPS) is 15.4. The first-order chi connectivity index (χ1) is 12.9. The Bertz CT molecular complexity index is 986. The number of imide groups is 1. The molecule has 0 saturated carbocycles. The van der Waals surface area contributed by atoms with E-state index in [-0.39, 0.29) is 28.4 Å². The third kappa shape index (κ3) is 3.85. The van der Waals surface area contributed by atoms with Crippen LogP contribution >= 0.6 is 11.8 Å². The van der Waals surface area contributed by atoms with E-state index in [0.29, 0.717) is 17.3 Å². The van der Waals surface area contributed by atoms with Crippen molar-refractivity contribution in [3.8, 4) is 0 Å². The highest BCUT2D eigenvalue weighted by Gasteiger charge is 2.36. The topological polar surface area (TPSA) is 124 Å². The fourth-order valence-electron chi connectivity index (χ4n) is 2.47. The second-order valence-corrected chi connectivity index (χ2v) is 6.50. The van der Waals surface area contributed by atoms with E-state index in [0.717, 1.165) is 4.90 Å². The van der Waals surface area contributed by atoms with Crippen LogP contribution in [-0.4, -0.2) is 25.9 Å². The van der Waals surface area contributed by atoms with Gasteiger partial charge in [-0.25, -0.2) is 0 Å². The Morgan fingerprint density at radius 1 is 0.963 bits per heavy atom. The maximum atomic E-state index is 12.5. The van der Waals surface area contributed by atoms with E-state index in [4.69, 9.17) is 0 Å². The quantitative estimate of drug-likeness (QED) is 0.436. The van der Waals surface area contributed by atoms with Crippen LogP contribution in [-0.2, 0) is 11.3 Å². The number of para-hydroxylation sites is 1. The number of benzene rings is 2. The van der Waals surface area contributed by atoms with E-state index in [9.17, 15) is 29.8 Å². The third-order valence-corrected chi connectivity index (χ3v) is 4.70.